The fourth-order valence-corrected chi connectivity index (χ4v) is 4.27. The van der Waals surface area contributed by atoms with Crippen molar-refractivity contribution in [1.82, 2.24) is 9.88 Å². The maximum absolute atomic E-state index is 12.6. The standard InChI is InChI=1S/C18H22N2O3S/c21-17(20-12-4-3-5-13(20)8-11-18(22)23)10-9-16-19-14-6-1-2-7-15(14)24-16/h1-2,6-7,13H,3-5,8-12H2,(H,22,23)/t13-/m0/s1. The molecule has 3 rings (SSSR count). The molecule has 24 heavy (non-hydrogen) atoms. The minimum absolute atomic E-state index is 0.0812. The van der Waals surface area contributed by atoms with Crippen molar-refractivity contribution < 1.29 is 14.7 Å². The summed E-state index contributed by atoms with van der Waals surface area (Å²) in [6, 6.07) is 8.08. The molecule has 2 aromatic rings. The number of carbonyl (C=O) groups is 2. The van der Waals surface area contributed by atoms with Crippen molar-refractivity contribution in [2.24, 2.45) is 0 Å². The molecule has 0 unspecified atom stereocenters. The van der Waals surface area contributed by atoms with E-state index in [4.69, 9.17) is 5.11 Å². The molecule has 0 radical (unpaired) electrons. The summed E-state index contributed by atoms with van der Waals surface area (Å²) in [4.78, 5) is 29.9. The highest BCUT2D eigenvalue weighted by Gasteiger charge is 2.26. The van der Waals surface area contributed by atoms with Crippen LogP contribution in [-0.4, -0.2) is 39.5 Å². The number of carbonyl (C=O) groups excluding carboxylic acids is 1. The van der Waals surface area contributed by atoms with E-state index >= 15 is 0 Å². The summed E-state index contributed by atoms with van der Waals surface area (Å²) in [6.45, 7) is 0.753. The molecule has 0 bridgehead atoms. The number of hydrogen-bond donors (Lipinski definition) is 1. The van der Waals surface area contributed by atoms with Gasteiger partial charge in [0.25, 0.3) is 0 Å². The maximum atomic E-state index is 12.6. The van der Waals surface area contributed by atoms with Crippen LogP contribution in [0, 0.1) is 0 Å². The number of likely N-dealkylation sites (tertiary alicyclic amines) is 1. The average Bonchev–Trinajstić information content (AvgIpc) is 3.01. The second kappa shape index (κ2) is 7.75. The van der Waals surface area contributed by atoms with E-state index in [9.17, 15) is 9.59 Å². The van der Waals surface area contributed by atoms with Crippen LogP contribution in [0.2, 0.25) is 0 Å². The average molecular weight is 346 g/mol. The molecule has 1 aromatic heterocycles. The third-order valence-corrected chi connectivity index (χ3v) is 5.63. The molecule has 1 atom stereocenters. The van der Waals surface area contributed by atoms with Gasteiger partial charge in [-0.15, -0.1) is 11.3 Å². The van der Waals surface area contributed by atoms with Crippen LogP contribution < -0.4 is 0 Å². The van der Waals surface area contributed by atoms with E-state index < -0.39 is 5.97 Å². The lowest BCUT2D eigenvalue weighted by Gasteiger charge is -2.35. The lowest BCUT2D eigenvalue weighted by molar-refractivity contribution is -0.140. The van der Waals surface area contributed by atoms with Crippen LogP contribution >= 0.6 is 11.3 Å². The second-order valence-electron chi connectivity index (χ2n) is 6.24. The summed E-state index contributed by atoms with van der Waals surface area (Å²) in [5.74, 6) is -0.660. The number of hydrogen-bond acceptors (Lipinski definition) is 4. The van der Waals surface area contributed by atoms with Gasteiger partial charge in [-0.05, 0) is 37.8 Å². The first-order chi connectivity index (χ1) is 11.6. The number of carboxylic acid groups (broad SMARTS) is 1. The second-order valence-corrected chi connectivity index (χ2v) is 7.36. The van der Waals surface area contributed by atoms with Gasteiger partial charge in [-0.3, -0.25) is 9.59 Å². The number of para-hydroxylation sites is 1. The SMILES string of the molecule is O=C(O)CC[C@@H]1CCCCN1C(=O)CCc1nc2ccccc2s1. The smallest absolute Gasteiger partial charge is 0.303 e. The van der Waals surface area contributed by atoms with Gasteiger partial charge in [0.05, 0.1) is 15.2 Å². The summed E-state index contributed by atoms with van der Waals surface area (Å²) in [7, 11) is 0. The number of rotatable bonds is 6. The van der Waals surface area contributed by atoms with Crippen molar-refractivity contribution >= 4 is 33.4 Å². The first-order valence-corrected chi connectivity index (χ1v) is 9.31. The van der Waals surface area contributed by atoms with Gasteiger partial charge in [0, 0.05) is 31.8 Å². The molecule has 1 saturated heterocycles. The van der Waals surface area contributed by atoms with Gasteiger partial charge < -0.3 is 10.0 Å². The Labute approximate surface area is 145 Å². The summed E-state index contributed by atoms with van der Waals surface area (Å²) >= 11 is 1.64. The Bertz CT molecular complexity index is 695. The summed E-state index contributed by atoms with van der Waals surface area (Å²) < 4.78 is 1.15. The molecule has 1 aliphatic rings. The fraction of sp³-hybridized carbons (Fsp3) is 0.500. The minimum Gasteiger partial charge on any atom is -0.481 e. The first kappa shape index (κ1) is 16.9. The van der Waals surface area contributed by atoms with Gasteiger partial charge in [0.2, 0.25) is 5.91 Å². The lowest BCUT2D eigenvalue weighted by atomic mass is 9.97. The van der Waals surface area contributed by atoms with Gasteiger partial charge in [0.1, 0.15) is 0 Å². The number of nitrogens with zero attached hydrogens (tertiary/aromatic N) is 2. The van der Waals surface area contributed by atoms with E-state index in [0.717, 1.165) is 41.0 Å². The maximum Gasteiger partial charge on any atom is 0.303 e. The molecule has 1 N–H and O–H groups in total. The van der Waals surface area contributed by atoms with Crippen molar-refractivity contribution in [2.45, 2.75) is 51.0 Å². The Morgan fingerprint density at radius 1 is 1.25 bits per heavy atom. The molecule has 1 aliphatic heterocycles. The van der Waals surface area contributed by atoms with Crippen LogP contribution in [0.4, 0.5) is 0 Å². The number of fused-ring (bicyclic) bond motifs is 1. The van der Waals surface area contributed by atoms with E-state index in [2.05, 4.69) is 4.98 Å². The monoisotopic (exact) mass is 346 g/mol. The highest BCUT2D eigenvalue weighted by molar-refractivity contribution is 7.18. The van der Waals surface area contributed by atoms with E-state index in [1.54, 1.807) is 11.3 Å². The van der Waals surface area contributed by atoms with Crippen molar-refractivity contribution in [3.8, 4) is 0 Å². The Hall–Kier alpha value is -1.95. The first-order valence-electron chi connectivity index (χ1n) is 8.49. The Kier molecular flexibility index (Phi) is 5.45. The summed E-state index contributed by atoms with van der Waals surface area (Å²) in [5, 5.41) is 9.87. The van der Waals surface area contributed by atoms with Crippen molar-refractivity contribution in [3.63, 3.8) is 0 Å². The van der Waals surface area contributed by atoms with Crippen LogP contribution in [0.1, 0.15) is 43.5 Å². The molecule has 1 aromatic carbocycles. The molecule has 5 nitrogen and oxygen atoms in total. The lowest BCUT2D eigenvalue weighted by Crippen LogP contribution is -2.44. The zero-order valence-corrected chi connectivity index (χ0v) is 14.4. The van der Waals surface area contributed by atoms with E-state index in [-0.39, 0.29) is 18.4 Å². The van der Waals surface area contributed by atoms with E-state index in [1.165, 1.54) is 0 Å². The predicted molar refractivity (Wildman–Crippen MR) is 94.2 cm³/mol. The molecule has 1 fully saturated rings. The van der Waals surface area contributed by atoms with Crippen molar-refractivity contribution in [2.75, 3.05) is 6.54 Å². The summed E-state index contributed by atoms with van der Waals surface area (Å²) in [6.07, 6.45) is 4.79. The Morgan fingerprint density at radius 2 is 2.08 bits per heavy atom. The predicted octanol–water partition coefficient (Wildman–Crippen LogP) is 3.47. The number of benzene rings is 1. The van der Waals surface area contributed by atoms with E-state index in [1.807, 2.05) is 29.2 Å². The van der Waals surface area contributed by atoms with Crippen LogP contribution in [-0.2, 0) is 16.0 Å². The summed E-state index contributed by atoms with van der Waals surface area (Å²) in [5.41, 5.74) is 0.988. The van der Waals surface area contributed by atoms with Gasteiger partial charge >= 0.3 is 5.97 Å². The third kappa shape index (κ3) is 4.12. The van der Waals surface area contributed by atoms with Crippen LogP contribution in [0.15, 0.2) is 24.3 Å². The van der Waals surface area contributed by atoms with Gasteiger partial charge in [-0.1, -0.05) is 12.1 Å². The Morgan fingerprint density at radius 3 is 2.88 bits per heavy atom. The van der Waals surface area contributed by atoms with Crippen molar-refractivity contribution in [1.29, 1.82) is 0 Å². The van der Waals surface area contributed by atoms with Crippen molar-refractivity contribution in [3.05, 3.63) is 29.3 Å². The minimum atomic E-state index is -0.789. The van der Waals surface area contributed by atoms with Crippen LogP contribution in [0.3, 0.4) is 0 Å². The number of aliphatic carboxylic acids is 1. The largest absolute Gasteiger partial charge is 0.481 e. The number of aromatic nitrogens is 1. The van der Waals surface area contributed by atoms with Gasteiger partial charge in [-0.2, -0.15) is 0 Å². The molecule has 0 aliphatic carbocycles. The van der Waals surface area contributed by atoms with E-state index in [0.29, 0.717) is 19.3 Å². The highest BCUT2D eigenvalue weighted by atomic mass is 32.1. The number of carboxylic acids is 1. The number of amides is 1. The molecule has 128 valence electrons. The Balaban J connectivity index is 1.58. The molecular formula is C18H22N2O3S. The molecule has 0 saturated carbocycles. The molecule has 2 heterocycles. The molecule has 6 heteroatoms. The normalized spacial score (nSPS) is 18.0. The number of piperidine rings is 1. The highest BCUT2D eigenvalue weighted by Crippen LogP contribution is 2.25. The zero-order chi connectivity index (χ0) is 16.9. The third-order valence-electron chi connectivity index (χ3n) is 4.53. The molecule has 1 amide bonds. The fourth-order valence-electron chi connectivity index (χ4n) is 3.30. The van der Waals surface area contributed by atoms with Gasteiger partial charge in [-0.25, -0.2) is 4.98 Å². The van der Waals surface area contributed by atoms with Crippen LogP contribution in [0.25, 0.3) is 10.2 Å². The molecule has 0 spiro atoms. The van der Waals surface area contributed by atoms with Crippen LogP contribution in [0.5, 0.6) is 0 Å². The number of aryl methyl sites for hydroxylation is 1. The zero-order valence-electron chi connectivity index (χ0n) is 13.6. The quantitative estimate of drug-likeness (QED) is 0.869. The molecular weight excluding hydrogens is 324 g/mol. The number of thiazole rings is 1. The van der Waals surface area contributed by atoms with Gasteiger partial charge in [0.15, 0.2) is 0 Å². The topological polar surface area (TPSA) is 70.5 Å².